The fourth-order valence-corrected chi connectivity index (χ4v) is 3.00. The van der Waals surface area contributed by atoms with Crippen molar-refractivity contribution < 1.29 is 0 Å². The maximum absolute atomic E-state index is 3.52. The maximum atomic E-state index is 3.52. The zero-order chi connectivity index (χ0) is 9.38. The van der Waals surface area contributed by atoms with Gasteiger partial charge in [-0.05, 0) is 79.7 Å². The molecule has 0 aromatic heterocycles. The molecule has 0 bridgehead atoms. The summed E-state index contributed by atoms with van der Waals surface area (Å²) < 4.78 is 0. The van der Waals surface area contributed by atoms with Gasteiger partial charge < -0.3 is 0 Å². The summed E-state index contributed by atoms with van der Waals surface area (Å²) in [5.74, 6) is 0. The molecule has 0 heterocycles. The van der Waals surface area contributed by atoms with Gasteiger partial charge in [0.2, 0.25) is 0 Å². The smallest absolute Gasteiger partial charge is 0.0143 e. The van der Waals surface area contributed by atoms with Crippen molar-refractivity contribution >= 4 is 0 Å². The van der Waals surface area contributed by atoms with Gasteiger partial charge in [0.15, 0.2) is 0 Å². The number of fused-ring (bicyclic) bond motifs is 3. The Morgan fingerprint density at radius 1 is 0.786 bits per heavy atom. The Morgan fingerprint density at radius 3 is 2.43 bits per heavy atom. The number of benzene rings is 1. The van der Waals surface area contributed by atoms with Crippen LogP contribution in [0.25, 0.3) is 0 Å². The highest BCUT2D eigenvalue weighted by Gasteiger charge is 2.18. The molecular formula is C14H17. The second kappa shape index (κ2) is 3.42. The van der Waals surface area contributed by atoms with Crippen LogP contribution in [-0.4, -0.2) is 0 Å². The van der Waals surface area contributed by atoms with Gasteiger partial charge in [-0.3, -0.25) is 0 Å². The fourth-order valence-electron chi connectivity index (χ4n) is 3.00. The van der Waals surface area contributed by atoms with Crippen LogP contribution in [0.15, 0.2) is 6.07 Å². The van der Waals surface area contributed by atoms with Crippen LogP contribution in [0.4, 0.5) is 0 Å². The van der Waals surface area contributed by atoms with E-state index in [-0.39, 0.29) is 0 Å². The second-order valence-corrected chi connectivity index (χ2v) is 4.66. The first-order valence-corrected chi connectivity index (χ1v) is 5.99. The molecule has 0 amide bonds. The summed E-state index contributed by atoms with van der Waals surface area (Å²) in [4.78, 5) is 0. The third-order valence-electron chi connectivity index (χ3n) is 3.76. The first kappa shape index (κ1) is 8.52. The molecule has 0 atom stereocenters. The van der Waals surface area contributed by atoms with Gasteiger partial charge in [-0.1, -0.05) is 6.07 Å². The van der Waals surface area contributed by atoms with Crippen molar-refractivity contribution in [3.05, 3.63) is 34.4 Å². The van der Waals surface area contributed by atoms with Crippen molar-refractivity contribution in [1.29, 1.82) is 0 Å². The highest BCUT2D eigenvalue weighted by atomic mass is 14.2. The third-order valence-corrected chi connectivity index (χ3v) is 3.76. The zero-order valence-electron chi connectivity index (χ0n) is 8.73. The number of hydrogen-bond acceptors (Lipinski definition) is 0. The van der Waals surface area contributed by atoms with Crippen molar-refractivity contribution in [1.82, 2.24) is 0 Å². The average molecular weight is 185 g/mol. The lowest BCUT2D eigenvalue weighted by Crippen LogP contribution is -2.12. The SMILES string of the molecule is [c]1cc2c(c3c1CCCC3)CCCC2. The standard InChI is InChI=1S/C14H17/c1-3-7-13-11(5-1)9-10-12-6-2-4-8-14(12)13/h9H,1-8H2. The summed E-state index contributed by atoms with van der Waals surface area (Å²) >= 11 is 0. The minimum Gasteiger partial charge on any atom is -0.0506 e. The van der Waals surface area contributed by atoms with Crippen molar-refractivity contribution in [3.8, 4) is 0 Å². The summed E-state index contributed by atoms with van der Waals surface area (Å²) in [6.45, 7) is 0. The molecule has 2 aliphatic carbocycles. The normalized spacial score (nSPS) is 20.0. The molecule has 14 heavy (non-hydrogen) atoms. The van der Waals surface area contributed by atoms with Crippen LogP contribution in [0.5, 0.6) is 0 Å². The summed E-state index contributed by atoms with van der Waals surface area (Å²) in [6, 6.07) is 5.79. The summed E-state index contributed by atoms with van der Waals surface area (Å²) in [6.07, 6.45) is 10.8. The molecular weight excluding hydrogens is 168 g/mol. The van der Waals surface area contributed by atoms with Crippen LogP contribution in [0.2, 0.25) is 0 Å². The van der Waals surface area contributed by atoms with E-state index in [1.54, 1.807) is 16.7 Å². The first-order chi connectivity index (χ1) is 6.95. The monoisotopic (exact) mass is 185 g/mol. The van der Waals surface area contributed by atoms with Gasteiger partial charge in [-0.2, -0.15) is 0 Å². The van der Waals surface area contributed by atoms with Gasteiger partial charge in [0.1, 0.15) is 0 Å². The summed E-state index contributed by atoms with van der Waals surface area (Å²) in [5.41, 5.74) is 6.55. The van der Waals surface area contributed by atoms with E-state index in [0.29, 0.717) is 0 Å². The van der Waals surface area contributed by atoms with E-state index >= 15 is 0 Å². The Kier molecular flexibility index (Phi) is 2.08. The molecule has 0 fully saturated rings. The second-order valence-electron chi connectivity index (χ2n) is 4.66. The van der Waals surface area contributed by atoms with E-state index in [1.807, 2.05) is 0 Å². The molecule has 0 nitrogen and oxygen atoms in total. The van der Waals surface area contributed by atoms with Crippen molar-refractivity contribution in [3.63, 3.8) is 0 Å². The van der Waals surface area contributed by atoms with Crippen LogP contribution < -0.4 is 0 Å². The number of aryl methyl sites for hydroxylation is 2. The van der Waals surface area contributed by atoms with E-state index in [1.165, 1.54) is 56.9 Å². The Morgan fingerprint density at radius 2 is 1.50 bits per heavy atom. The minimum absolute atomic E-state index is 1.28. The molecule has 0 unspecified atom stereocenters. The van der Waals surface area contributed by atoms with E-state index in [9.17, 15) is 0 Å². The van der Waals surface area contributed by atoms with Crippen LogP contribution in [-0.2, 0) is 25.7 Å². The number of rotatable bonds is 0. The van der Waals surface area contributed by atoms with Crippen LogP contribution in [0, 0.1) is 6.07 Å². The van der Waals surface area contributed by atoms with Gasteiger partial charge >= 0.3 is 0 Å². The lowest BCUT2D eigenvalue weighted by Gasteiger charge is -2.24. The largest absolute Gasteiger partial charge is 0.0506 e. The molecule has 73 valence electrons. The topological polar surface area (TPSA) is 0 Å². The Bertz CT molecular complexity index is 314. The van der Waals surface area contributed by atoms with E-state index in [0.717, 1.165) is 0 Å². The van der Waals surface area contributed by atoms with Gasteiger partial charge in [0.25, 0.3) is 0 Å². The highest BCUT2D eigenvalue weighted by Crippen LogP contribution is 2.31. The number of hydrogen-bond donors (Lipinski definition) is 0. The van der Waals surface area contributed by atoms with Crippen LogP contribution in [0.3, 0.4) is 0 Å². The van der Waals surface area contributed by atoms with Crippen LogP contribution in [0.1, 0.15) is 47.9 Å². The zero-order valence-corrected chi connectivity index (χ0v) is 8.73. The molecule has 0 saturated heterocycles. The highest BCUT2D eigenvalue weighted by molar-refractivity contribution is 5.43. The van der Waals surface area contributed by atoms with Crippen molar-refractivity contribution in [2.24, 2.45) is 0 Å². The molecule has 1 aromatic rings. The molecule has 1 radical (unpaired) electrons. The third kappa shape index (κ3) is 1.28. The lowest BCUT2D eigenvalue weighted by atomic mass is 9.81. The Labute approximate surface area is 86.3 Å². The molecule has 0 heteroatoms. The molecule has 0 saturated carbocycles. The molecule has 0 aliphatic heterocycles. The predicted molar refractivity (Wildman–Crippen MR) is 58.6 cm³/mol. The van der Waals surface area contributed by atoms with Crippen LogP contribution >= 0.6 is 0 Å². The molecule has 2 aliphatic rings. The summed E-state index contributed by atoms with van der Waals surface area (Å²) in [5, 5.41) is 0. The van der Waals surface area contributed by atoms with E-state index in [4.69, 9.17) is 0 Å². The molecule has 1 aromatic carbocycles. The van der Waals surface area contributed by atoms with Gasteiger partial charge in [-0.25, -0.2) is 0 Å². The van der Waals surface area contributed by atoms with E-state index < -0.39 is 0 Å². The molecule has 0 N–H and O–H groups in total. The van der Waals surface area contributed by atoms with Gasteiger partial charge in [0, 0.05) is 0 Å². The average Bonchev–Trinajstić information content (AvgIpc) is 2.29. The summed E-state index contributed by atoms with van der Waals surface area (Å²) in [7, 11) is 0. The Balaban J connectivity index is 2.12. The maximum Gasteiger partial charge on any atom is -0.0143 e. The van der Waals surface area contributed by atoms with Gasteiger partial charge in [0.05, 0.1) is 0 Å². The predicted octanol–water partition coefficient (Wildman–Crippen LogP) is 3.24. The van der Waals surface area contributed by atoms with Gasteiger partial charge in [-0.15, -0.1) is 0 Å². The molecule has 3 rings (SSSR count). The van der Waals surface area contributed by atoms with Crippen molar-refractivity contribution in [2.45, 2.75) is 51.4 Å². The molecule has 0 spiro atoms. The first-order valence-electron chi connectivity index (χ1n) is 5.99. The van der Waals surface area contributed by atoms with Crippen molar-refractivity contribution in [2.75, 3.05) is 0 Å². The lowest BCUT2D eigenvalue weighted by molar-refractivity contribution is 0.640. The van der Waals surface area contributed by atoms with E-state index in [2.05, 4.69) is 12.1 Å². The fraction of sp³-hybridized carbons (Fsp3) is 0.571. The Hall–Kier alpha value is -0.780. The minimum atomic E-state index is 1.28. The quantitative estimate of drug-likeness (QED) is 0.582.